The Labute approximate surface area is 126 Å². The number of carbonyl (C=O) groups excluding carboxylic acids is 1. The molecule has 0 radical (unpaired) electrons. The molecule has 0 atom stereocenters. The highest BCUT2D eigenvalue weighted by Gasteiger charge is 2.30. The van der Waals surface area contributed by atoms with E-state index in [0.29, 0.717) is 31.9 Å². The number of benzene rings is 1. The Kier molecular flexibility index (Phi) is 4.18. The first-order valence-electron chi connectivity index (χ1n) is 5.68. The fourth-order valence-corrected chi connectivity index (χ4v) is 3.30. The third-order valence-corrected chi connectivity index (χ3v) is 4.60. The molecule has 1 aromatic carbocycles. The summed E-state index contributed by atoms with van der Waals surface area (Å²) in [5.41, 5.74) is 1.31. The van der Waals surface area contributed by atoms with E-state index in [2.05, 4.69) is 0 Å². The average Bonchev–Trinajstić information content (AvgIpc) is 2.61. The quantitative estimate of drug-likeness (QED) is 0.669. The first kappa shape index (κ1) is 14.4. The van der Waals surface area contributed by atoms with Gasteiger partial charge < -0.3 is 5.11 Å². The molecule has 1 aromatic rings. The number of carbonyl (C=O) groups is 1. The van der Waals surface area contributed by atoms with Gasteiger partial charge >= 0.3 is 0 Å². The molecule has 0 saturated carbocycles. The second-order valence-corrected chi connectivity index (χ2v) is 6.16. The number of hydrogen-bond donors (Lipinski definition) is 1. The summed E-state index contributed by atoms with van der Waals surface area (Å²) < 4.78 is 0.557. The standard InChI is InChI=1S/C13H12ClNO2S2/c1-3-15-12(17)11(19-13(15)18)6-8-4-9(14)7(2)10(16)5-8/h4-6,16H,3H2,1-2H3/b11-6-. The van der Waals surface area contributed by atoms with Gasteiger partial charge in [-0.25, -0.2) is 0 Å². The third kappa shape index (κ3) is 2.78. The van der Waals surface area contributed by atoms with Crippen molar-refractivity contribution in [3.05, 3.63) is 33.2 Å². The molecule has 100 valence electrons. The molecule has 2 rings (SSSR count). The number of amides is 1. The van der Waals surface area contributed by atoms with Crippen LogP contribution in [0.5, 0.6) is 5.75 Å². The molecule has 0 aromatic heterocycles. The van der Waals surface area contributed by atoms with Gasteiger partial charge in [-0.15, -0.1) is 0 Å². The Morgan fingerprint density at radius 3 is 2.74 bits per heavy atom. The molecule has 1 aliphatic heterocycles. The molecule has 1 saturated heterocycles. The topological polar surface area (TPSA) is 40.5 Å². The summed E-state index contributed by atoms with van der Waals surface area (Å²) in [5, 5.41) is 10.2. The molecule has 0 unspecified atom stereocenters. The van der Waals surface area contributed by atoms with Gasteiger partial charge in [-0.05, 0) is 37.6 Å². The van der Waals surface area contributed by atoms with Crippen molar-refractivity contribution in [3.63, 3.8) is 0 Å². The van der Waals surface area contributed by atoms with E-state index in [1.54, 1.807) is 30.0 Å². The first-order valence-corrected chi connectivity index (χ1v) is 7.28. The average molecular weight is 314 g/mol. The Balaban J connectivity index is 2.38. The van der Waals surface area contributed by atoms with E-state index in [9.17, 15) is 9.90 Å². The third-order valence-electron chi connectivity index (χ3n) is 2.83. The number of thioether (sulfide) groups is 1. The Morgan fingerprint density at radius 2 is 2.21 bits per heavy atom. The van der Waals surface area contributed by atoms with Crippen molar-refractivity contribution < 1.29 is 9.90 Å². The van der Waals surface area contributed by atoms with Crippen molar-refractivity contribution in [2.24, 2.45) is 0 Å². The van der Waals surface area contributed by atoms with Crippen molar-refractivity contribution in [1.29, 1.82) is 0 Å². The summed E-state index contributed by atoms with van der Waals surface area (Å²) in [6.07, 6.45) is 1.69. The van der Waals surface area contributed by atoms with Gasteiger partial charge in [0.25, 0.3) is 5.91 Å². The van der Waals surface area contributed by atoms with E-state index in [4.69, 9.17) is 23.8 Å². The Hall–Kier alpha value is -1.04. The maximum Gasteiger partial charge on any atom is 0.266 e. The summed E-state index contributed by atoms with van der Waals surface area (Å²) >= 11 is 12.4. The molecule has 0 spiro atoms. The molecule has 19 heavy (non-hydrogen) atoms. The Bertz CT molecular complexity index is 575. The van der Waals surface area contributed by atoms with Crippen LogP contribution in [0.1, 0.15) is 18.1 Å². The van der Waals surface area contributed by atoms with Crippen molar-refractivity contribution in [3.8, 4) is 5.75 Å². The molecule has 3 nitrogen and oxygen atoms in total. The van der Waals surface area contributed by atoms with E-state index in [-0.39, 0.29) is 11.7 Å². The first-order chi connectivity index (χ1) is 8.93. The normalized spacial score (nSPS) is 17.6. The summed E-state index contributed by atoms with van der Waals surface area (Å²) in [5.74, 6) is 0.0124. The van der Waals surface area contributed by atoms with Crippen molar-refractivity contribution >= 4 is 51.9 Å². The largest absolute Gasteiger partial charge is 0.508 e. The van der Waals surface area contributed by atoms with E-state index in [0.717, 1.165) is 0 Å². The summed E-state index contributed by atoms with van der Waals surface area (Å²) in [6.45, 7) is 4.17. The number of aromatic hydroxyl groups is 1. The zero-order valence-corrected chi connectivity index (χ0v) is 12.8. The van der Waals surface area contributed by atoms with Gasteiger partial charge in [-0.1, -0.05) is 35.6 Å². The van der Waals surface area contributed by atoms with Gasteiger partial charge in [0, 0.05) is 17.1 Å². The Morgan fingerprint density at radius 1 is 1.53 bits per heavy atom. The minimum absolute atomic E-state index is 0.103. The number of phenols is 1. The minimum atomic E-state index is -0.103. The van der Waals surface area contributed by atoms with Crippen LogP contribution in [0.2, 0.25) is 5.02 Å². The van der Waals surface area contributed by atoms with E-state index < -0.39 is 0 Å². The maximum absolute atomic E-state index is 12.0. The van der Waals surface area contributed by atoms with Crippen LogP contribution in [0.3, 0.4) is 0 Å². The number of likely N-dealkylation sites (N-methyl/N-ethyl adjacent to an activating group) is 1. The van der Waals surface area contributed by atoms with Crippen LogP contribution in [0.4, 0.5) is 0 Å². The number of rotatable bonds is 2. The van der Waals surface area contributed by atoms with Gasteiger partial charge in [-0.2, -0.15) is 0 Å². The summed E-state index contributed by atoms with van der Waals surface area (Å²) in [7, 11) is 0. The smallest absolute Gasteiger partial charge is 0.266 e. The van der Waals surface area contributed by atoms with Gasteiger partial charge in [0.1, 0.15) is 10.1 Å². The highest BCUT2D eigenvalue weighted by Crippen LogP contribution is 2.34. The van der Waals surface area contributed by atoms with Crippen LogP contribution in [-0.4, -0.2) is 26.8 Å². The van der Waals surface area contributed by atoms with E-state index >= 15 is 0 Å². The summed E-state index contributed by atoms with van der Waals surface area (Å²) in [4.78, 5) is 14.1. The molecule has 1 aliphatic rings. The van der Waals surface area contributed by atoms with Crippen LogP contribution < -0.4 is 0 Å². The highest BCUT2D eigenvalue weighted by molar-refractivity contribution is 8.26. The minimum Gasteiger partial charge on any atom is -0.508 e. The fraction of sp³-hybridized carbons (Fsp3) is 0.231. The number of phenolic OH excluding ortho intramolecular Hbond substituents is 1. The van der Waals surface area contributed by atoms with Gasteiger partial charge in [-0.3, -0.25) is 9.69 Å². The molecule has 1 fully saturated rings. The number of thiocarbonyl (C=S) groups is 1. The van der Waals surface area contributed by atoms with Crippen molar-refractivity contribution in [2.75, 3.05) is 6.54 Å². The lowest BCUT2D eigenvalue weighted by atomic mass is 10.1. The fourth-order valence-electron chi connectivity index (χ4n) is 1.69. The lowest BCUT2D eigenvalue weighted by Crippen LogP contribution is -2.27. The summed E-state index contributed by atoms with van der Waals surface area (Å²) in [6, 6.07) is 3.30. The molecule has 6 heteroatoms. The zero-order valence-electron chi connectivity index (χ0n) is 10.4. The molecule has 1 N–H and O–H groups in total. The van der Waals surface area contributed by atoms with Crippen LogP contribution in [0.25, 0.3) is 6.08 Å². The predicted octanol–water partition coefficient (Wildman–Crippen LogP) is 3.58. The lowest BCUT2D eigenvalue weighted by Gasteiger charge is -2.09. The molecule has 1 heterocycles. The van der Waals surface area contributed by atoms with Crippen LogP contribution in [0, 0.1) is 6.92 Å². The number of nitrogens with zero attached hydrogens (tertiary/aromatic N) is 1. The molecular formula is C13H12ClNO2S2. The van der Waals surface area contributed by atoms with Gasteiger partial charge in [0.2, 0.25) is 0 Å². The maximum atomic E-state index is 12.0. The van der Waals surface area contributed by atoms with Crippen LogP contribution in [-0.2, 0) is 4.79 Å². The van der Waals surface area contributed by atoms with Crippen LogP contribution >= 0.6 is 35.6 Å². The molecule has 1 amide bonds. The molecular weight excluding hydrogens is 302 g/mol. The molecule has 0 bridgehead atoms. The van der Waals surface area contributed by atoms with E-state index in [1.807, 2.05) is 6.92 Å². The van der Waals surface area contributed by atoms with Gasteiger partial charge in [0.15, 0.2) is 0 Å². The predicted molar refractivity (Wildman–Crippen MR) is 83.4 cm³/mol. The van der Waals surface area contributed by atoms with Crippen molar-refractivity contribution in [1.82, 2.24) is 4.90 Å². The highest BCUT2D eigenvalue weighted by atomic mass is 35.5. The van der Waals surface area contributed by atoms with E-state index in [1.165, 1.54) is 11.8 Å². The number of halogens is 1. The number of hydrogen-bond acceptors (Lipinski definition) is 4. The van der Waals surface area contributed by atoms with Crippen LogP contribution in [0.15, 0.2) is 17.0 Å². The molecule has 0 aliphatic carbocycles. The second kappa shape index (κ2) is 5.53. The second-order valence-electron chi connectivity index (χ2n) is 4.07. The zero-order chi connectivity index (χ0) is 14.2. The monoisotopic (exact) mass is 313 g/mol. The lowest BCUT2D eigenvalue weighted by molar-refractivity contribution is -0.121. The SMILES string of the molecule is CCN1C(=O)/C(=C/c2cc(O)c(C)c(Cl)c2)SC1=S. The van der Waals surface area contributed by atoms with Gasteiger partial charge in [0.05, 0.1) is 4.91 Å². The van der Waals surface area contributed by atoms with Crippen molar-refractivity contribution in [2.45, 2.75) is 13.8 Å².